The monoisotopic (exact) mass is 419 g/mol. The third kappa shape index (κ3) is 4.91. The Morgan fingerprint density at radius 3 is 2.87 bits per heavy atom. The Balaban J connectivity index is 1.38. The maximum Gasteiger partial charge on any atom is 0.225 e. The fourth-order valence-electron chi connectivity index (χ4n) is 3.71. The van der Waals surface area contributed by atoms with Gasteiger partial charge in [0.15, 0.2) is 0 Å². The predicted octanol–water partition coefficient (Wildman–Crippen LogP) is 2.49. The van der Waals surface area contributed by atoms with E-state index in [2.05, 4.69) is 25.2 Å². The summed E-state index contributed by atoms with van der Waals surface area (Å²) in [5.41, 5.74) is 2.57. The van der Waals surface area contributed by atoms with Crippen molar-refractivity contribution in [3.8, 4) is 22.8 Å². The molecule has 1 amide bonds. The molecule has 3 heterocycles. The number of aromatic nitrogens is 3. The van der Waals surface area contributed by atoms with E-state index >= 15 is 0 Å². The summed E-state index contributed by atoms with van der Waals surface area (Å²) in [4.78, 5) is 28.0. The number of methoxy groups -OCH3 is 2. The van der Waals surface area contributed by atoms with Gasteiger partial charge in [-0.2, -0.15) is 0 Å². The largest absolute Gasteiger partial charge is 0.497 e. The smallest absolute Gasteiger partial charge is 0.225 e. The van der Waals surface area contributed by atoms with E-state index in [9.17, 15) is 4.79 Å². The van der Waals surface area contributed by atoms with Gasteiger partial charge in [-0.1, -0.05) is 0 Å². The molecule has 0 saturated carbocycles. The van der Waals surface area contributed by atoms with Crippen molar-refractivity contribution in [1.82, 2.24) is 20.3 Å². The molecule has 8 nitrogen and oxygen atoms in total. The minimum Gasteiger partial charge on any atom is -0.497 e. The molecule has 1 fully saturated rings. The van der Waals surface area contributed by atoms with Crippen LogP contribution in [0.2, 0.25) is 0 Å². The molecule has 0 spiro atoms. The molecular weight excluding hydrogens is 394 g/mol. The molecule has 160 valence electrons. The molecule has 0 aliphatic carbocycles. The van der Waals surface area contributed by atoms with Crippen LogP contribution in [0.5, 0.6) is 11.5 Å². The average molecular weight is 419 g/mol. The molecule has 1 N–H and O–H groups in total. The summed E-state index contributed by atoms with van der Waals surface area (Å²) in [5.74, 6) is 1.97. The molecule has 1 unspecified atom stereocenters. The molecular formula is C23H25N5O3. The number of nitrogens with one attached hydrogen (secondary N) is 1. The summed E-state index contributed by atoms with van der Waals surface area (Å²) >= 11 is 0. The summed E-state index contributed by atoms with van der Waals surface area (Å²) < 4.78 is 10.6. The van der Waals surface area contributed by atoms with Crippen LogP contribution in [0.25, 0.3) is 11.3 Å². The van der Waals surface area contributed by atoms with Gasteiger partial charge in [0.05, 0.1) is 26.3 Å². The quantitative estimate of drug-likeness (QED) is 0.629. The second-order valence-corrected chi connectivity index (χ2v) is 7.34. The van der Waals surface area contributed by atoms with Crippen LogP contribution in [0.1, 0.15) is 12.0 Å². The van der Waals surface area contributed by atoms with Gasteiger partial charge >= 0.3 is 0 Å². The van der Waals surface area contributed by atoms with Crippen LogP contribution in [0.15, 0.2) is 55.0 Å². The van der Waals surface area contributed by atoms with Crippen LogP contribution in [0.3, 0.4) is 0 Å². The highest BCUT2D eigenvalue weighted by Gasteiger charge is 2.26. The maximum absolute atomic E-state index is 12.7. The number of hydrogen-bond donors (Lipinski definition) is 1. The Labute approximate surface area is 181 Å². The lowest BCUT2D eigenvalue weighted by Gasteiger charge is -2.18. The van der Waals surface area contributed by atoms with Crippen molar-refractivity contribution in [3.05, 3.63) is 60.6 Å². The van der Waals surface area contributed by atoms with E-state index in [1.165, 1.54) is 0 Å². The standard InChI is InChI=1S/C23H25N5O3/c1-30-19-5-6-21(31-2)17(12-19)13-22(29)26-18-8-11-28(15-18)23-25-10-7-20(27-23)16-4-3-9-24-14-16/h3-7,9-10,12,14,18H,8,11,13,15H2,1-2H3,(H,26,29). The molecule has 1 aliphatic rings. The highest BCUT2D eigenvalue weighted by Crippen LogP contribution is 2.25. The van der Waals surface area contributed by atoms with Crippen molar-refractivity contribution in [2.75, 3.05) is 32.2 Å². The highest BCUT2D eigenvalue weighted by molar-refractivity contribution is 5.80. The van der Waals surface area contributed by atoms with Crippen LogP contribution in [-0.2, 0) is 11.2 Å². The summed E-state index contributed by atoms with van der Waals surface area (Å²) in [6.45, 7) is 1.45. The third-order valence-corrected chi connectivity index (χ3v) is 5.27. The van der Waals surface area contributed by atoms with Crippen LogP contribution in [0.4, 0.5) is 5.95 Å². The van der Waals surface area contributed by atoms with E-state index in [1.54, 1.807) is 32.8 Å². The van der Waals surface area contributed by atoms with Crippen molar-refractivity contribution in [2.45, 2.75) is 18.9 Å². The maximum atomic E-state index is 12.7. The van der Waals surface area contributed by atoms with E-state index in [1.807, 2.05) is 36.4 Å². The number of rotatable bonds is 7. The zero-order valence-corrected chi connectivity index (χ0v) is 17.6. The Kier molecular flexibility index (Phi) is 6.26. The molecule has 31 heavy (non-hydrogen) atoms. The molecule has 0 radical (unpaired) electrons. The van der Waals surface area contributed by atoms with Gasteiger partial charge in [0, 0.05) is 48.8 Å². The number of benzene rings is 1. The van der Waals surface area contributed by atoms with E-state index < -0.39 is 0 Å². The zero-order valence-electron chi connectivity index (χ0n) is 17.6. The molecule has 1 aromatic carbocycles. The molecule has 1 saturated heterocycles. The van der Waals surface area contributed by atoms with Crippen LogP contribution in [0, 0.1) is 0 Å². The zero-order chi connectivity index (χ0) is 21.6. The lowest BCUT2D eigenvalue weighted by molar-refractivity contribution is -0.121. The summed E-state index contributed by atoms with van der Waals surface area (Å²) in [6.07, 6.45) is 6.34. The Hall–Kier alpha value is -3.68. The predicted molar refractivity (Wildman–Crippen MR) is 117 cm³/mol. The second kappa shape index (κ2) is 9.42. The van der Waals surface area contributed by atoms with E-state index in [0.29, 0.717) is 24.0 Å². The number of hydrogen-bond acceptors (Lipinski definition) is 7. The van der Waals surface area contributed by atoms with Crippen molar-refractivity contribution in [3.63, 3.8) is 0 Å². The third-order valence-electron chi connectivity index (χ3n) is 5.27. The number of carbonyl (C=O) groups excluding carboxylic acids is 1. The first-order valence-corrected chi connectivity index (χ1v) is 10.1. The molecule has 3 aromatic rings. The highest BCUT2D eigenvalue weighted by atomic mass is 16.5. The molecule has 8 heteroatoms. The minimum atomic E-state index is -0.0524. The average Bonchev–Trinajstić information content (AvgIpc) is 3.28. The lowest BCUT2D eigenvalue weighted by atomic mass is 10.1. The first-order chi connectivity index (χ1) is 15.2. The van der Waals surface area contributed by atoms with Gasteiger partial charge in [-0.3, -0.25) is 9.78 Å². The van der Waals surface area contributed by atoms with Gasteiger partial charge in [0.1, 0.15) is 11.5 Å². The Morgan fingerprint density at radius 1 is 1.19 bits per heavy atom. The SMILES string of the molecule is COc1ccc(OC)c(CC(=O)NC2CCN(c3nccc(-c4cccnc4)n3)C2)c1. The lowest BCUT2D eigenvalue weighted by Crippen LogP contribution is -2.38. The second-order valence-electron chi connectivity index (χ2n) is 7.34. The van der Waals surface area contributed by atoms with Gasteiger partial charge < -0.3 is 19.7 Å². The first kappa shape index (κ1) is 20.6. The summed E-state index contributed by atoms with van der Waals surface area (Å²) in [7, 11) is 3.20. The Bertz CT molecular complexity index is 1040. The van der Waals surface area contributed by atoms with Crippen molar-refractivity contribution in [2.24, 2.45) is 0 Å². The van der Waals surface area contributed by atoms with Crippen LogP contribution < -0.4 is 19.7 Å². The van der Waals surface area contributed by atoms with Crippen LogP contribution >= 0.6 is 0 Å². The Morgan fingerprint density at radius 2 is 2.10 bits per heavy atom. The van der Waals surface area contributed by atoms with E-state index in [-0.39, 0.29) is 18.4 Å². The van der Waals surface area contributed by atoms with Crippen molar-refractivity contribution >= 4 is 11.9 Å². The van der Waals surface area contributed by atoms with Crippen molar-refractivity contribution < 1.29 is 14.3 Å². The van der Waals surface area contributed by atoms with Gasteiger partial charge in [-0.25, -0.2) is 9.97 Å². The molecule has 0 bridgehead atoms. The van der Waals surface area contributed by atoms with E-state index in [4.69, 9.17) is 9.47 Å². The number of ether oxygens (including phenoxy) is 2. The molecule has 1 aliphatic heterocycles. The fraction of sp³-hybridized carbons (Fsp3) is 0.304. The fourth-order valence-corrected chi connectivity index (χ4v) is 3.71. The van der Waals surface area contributed by atoms with Crippen molar-refractivity contribution in [1.29, 1.82) is 0 Å². The molecule has 1 atom stereocenters. The van der Waals surface area contributed by atoms with Crippen LogP contribution in [-0.4, -0.2) is 54.2 Å². The minimum absolute atomic E-state index is 0.0368. The molecule has 4 rings (SSSR count). The number of carbonyl (C=O) groups is 1. The number of pyridine rings is 1. The molecule has 2 aromatic heterocycles. The topological polar surface area (TPSA) is 89.5 Å². The van der Waals surface area contributed by atoms with Gasteiger partial charge in [-0.15, -0.1) is 0 Å². The number of anilines is 1. The number of amides is 1. The first-order valence-electron chi connectivity index (χ1n) is 10.1. The van der Waals surface area contributed by atoms with Gasteiger partial charge in [0.25, 0.3) is 0 Å². The summed E-state index contributed by atoms with van der Waals surface area (Å²) in [5, 5.41) is 3.12. The van der Waals surface area contributed by atoms with Gasteiger partial charge in [0.2, 0.25) is 11.9 Å². The normalized spacial score (nSPS) is 15.5. The van der Waals surface area contributed by atoms with Gasteiger partial charge in [-0.05, 0) is 42.8 Å². The van der Waals surface area contributed by atoms with E-state index in [0.717, 1.165) is 29.8 Å². The summed E-state index contributed by atoms with van der Waals surface area (Å²) in [6, 6.07) is 11.2. The number of nitrogens with zero attached hydrogens (tertiary/aromatic N) is 4.